The molecule has 0 spiro atoms. The van der Waals surface area contributed by atoms with E-state index < -0.39 is 5.97 Å². The largest absolute Gasteiger partial charge is 0.476 e. The van der Waals surface area contributed by atoms with Gasteiger partial charge in [0.05, 0.1) is 11.2 Å². The molecule has 4 saturated carbocycles. The zero-order valence-corrected chi connectivity index (χ0v) is 11.2. The van der Waals surface area contributed by atoms with Gasteiger partial charge in [-0.05, 0) is 63.2 Å². The first-order valence-electron chi connectivity index (χ1n) is 7.23. The van der Waals surface area contributed by atoms with E-state index in [0.29, 0.717) is 0 Å². The monoisotopic (exact) mass is 261 g/mol. The van der Waals surface area contributed by atoms with Crippen LogP contribution in [0.1, 0.15) is 54.7 Å². The zero-order chi connectivity index (χ0) is 13.2. The van der Waals surface area contributed by atoms with Crippen molar-refractivity contribution in [2.45, 2.75) is 51.0 Å². The topological polar surface area (TPSA) is 68.0 Å². The third-order valence-electron chi connectivity index (χ3n) is 5.55. The fourth-order valence-corrected chi connectivity index (χ4v) is 5.30. The molecule has 0 radical (unpaired) electrons. The Balaban J connectivity index is 1.77. The fraction of sp³-hybridized carbons (Fsp3) is 0.786. The van der Waals surface area contributed by atoms with Gasteiger partial charge in [0.25, 0.3) is 0 Å². The van der Waals surface area contributed by atoms with E-state index in [1.165, 1.54) is 38.5 Å². The molecule has 0 aliphatic heterocycles. The van der Waals surface area contributed by atoms with Crippen molar-refractivity contribution in [3.63, 3.8) is 0 Å². The molecular weight excluding hydrogens is 242 g/mol. The number of carboxylic acid groups (broad SMARTS) is 1. The lowest BCUT2D eigenvalue weighted by Crippen LogP contribution is -2.52. The number of rotatable bonds is 2. The lowest BCUT2D eigenvalue weighted by Gasteiger charge is -2.56. The summed E-state index contributed by atoms with van der Waals surface area (Å²) in [5.74, 6) is 1.50. The minimum Gasteiger partial charge on any atom is -0.476 e. The third kappa shape index (κ3) is 1.50. The zero-order valence-electron chi connectivity index (χ0n) is 11.2. The van der Waals surface area contributed by atoms with Crippen LogP contribution in [0, 0.1) is 24.7 Å². The Hall–Kier alpha value is -1.39. The van der Waals surface area contributed by atoms with E-state index in [2.05, 4.69) is 10.3 Å². The molecule has 0 saturated heterocycles. The molecule has 0 atom stereocenters. The van der Waals surface area contributed by atoms with Gasteiger partial charge in [0.1, 0.15) is 0 Å². The van der Waals surface area contributed by atoms with Gasteiger partial charge in [-0.3, -0.25) is 0 Å². The second-order valence-corrected chi connectivity index (χ2v) is 6.88. The summed E-state index contributed by atoms with van der Waals surface area (Å²) in [6.07, 6.45) is 7.63. The summed E-state index contributed by atoms with van der Waals surface area (Å²) in [6, 6.07) is 0. The summed E-state index contributed by atoms with van der Waals surface area (Å²) < 4.78 is 1.96. The highest BCUT2D eigenvalue weighted by Crippen LogP contribution is 2.58. The maximum Gasteiger partial charge on any atom is 0.358 e. The molecule has 5 heteroatoms. The molecular formula is C14H19N3O2. The molecule has 19 heavy (non-hydrogen) atoms. The van der Waals surface area contributed by atoms with Gasteiger partial charge < -0.3 is 5.11 Å². The predicted octanol–water partition coefficient (Wildman–Crippen LogP) is 2.21. The van der Waals surface area contributed by atoms with Gasteiger partial charge in [-0.15, -0.1) is 5.10 Å². The van der Waals surface area contributed by atoms with Crippen LogP contribution in [0.5, 0.6) is 0 Å². The number of aromatic nitrogens is 3. The molecule has 1 aromatic heterocycles. The Bertz CT molecular complexity index is 514. The van der Waals surface area contributed by atoms with Crippen molar-refractivity contribution in [1.82, 2.24) is 15.0 Å². The predicted molar refractivity (Wildman–Crippen MR) is 67.9 cm³/mol. The van der Waals surface area contributed by atoms with E-state index in [4.69, 9.17) is 5.11 Å². The van der Waals surface area contributed by atoms with Crippen molar-refractivity contribution in [1.29, 1.82) is 0 Å². The van der Waals surface area contributed by atoms with Crippen molar-refractivity contribution in [2.24, 2.45) is 17.8 Å². The van der Waals surface area contributed by atoms with Crippen molar-refractivity contribution in [2.75, 3.05) is 0 Å². The van der Waals surface area contributed by atoms with Gasteiger partial charge in [0.2, 0.25) is 0 Å². The normalized spacial score (nSPS) is 39.7. The number of nitrogens with zero attached hydrogens (tertiary/aromatic N) is 3. The first-order chi connectivity index (χ1) is 9.07. The van der Waals surface area contributed by atoms with Crippen LogP contribution in [0.15, 0.2) is 0 Å². The SMILES string of the molecule is Cc1c(C(=O)O)nnn1C12CC3CC(CC(C3)C1)C2. The number of hydrogen-bond acceptors (Lipinski definition) is 3. The van der Waals surface area contributed by atoms with Crippen LogP contribution >= 0.6 is 0 Å². The third-order valence-corrected chi connectivity index (χ3v) is 5.55. The number of carbonyl (C=O) groups is 1. The Kier molecular flexibility index (Phi) is 2.16. The first-order valence-corrected chi connectivity index (χ1v) is 7.23. The summed E-state index contributed by atoms with van der Waals surface area (Å²) in [7, 11) is 0. The summed E-state index contributed by atoms with van der Waals surface area (Å²) >= 11 is 0. The number of aromatic carboxylic acids is 1. The Morgan fingerprint density at radius 3 is 2.16 bits per heavy atom. The molecule has 5 rings (SSSR count). The highest BCUT2D eigenvalue weighted by Gasteiger charge is 2.53. The van der Waals surface area contributed by atoms with Crippen LogP contribution in [-0.4, -0.2) is 26.1 Å². The lowest BCUT2D eigenvalue weighted by atomic mass is 9.53. The summed E-state index contributed by atoms with van der Waals surface area (Å²) in [5, 5.41) is 17.2. The molecule has 1 aromatic rings. The Morgan fingerprint density at radius 1 is 1.21 bits per heavy atom. The summed E-state index contributed by atoms with van der Waals surface area (Å²) in [5.41, 5.74) is 0.921. The Labute approximate surface area is 112 Å². The average molecular weight is 261 g/mol. The maximum atomic E-state index is 11.1. The van der Waals surface area contributed by atoms with Gasteiger partial charge in [-0.25, -0.2) is 9.48 Å². The van der Waals surface area contributed by atoms with Gasteiger partial charge in [-0.2, -0.15) is 0 Å². The highest BCUT2D eigenvalue weighted by molar-refractivity contribution is 5.86. The van der Waals surface area contributed by atoms with Gasteiger partial charge in [0.15, 0.2) is 5.69 Å². The van der Waals surface area contributed by atoms with E-state index in [0.717, 1.165) is 23.4 Å². The minimum atomic E-state index is -0.964. The van der Waals surface area contributed by atoms with E-state index in [-0.39, 0.29) is 11.2 Å². The number of carboxylic acids is 1. The van der Waals surface area contributed by atoms with Crippen LogP contribution in [-0.2, 0) is 5.54 Å². The van der Waals surface area contributed by atoms with E-state index in [9.17, 15) is 4.79 Å². The first kappa shape index (κ1) is 11.4. The van der Waals surface area contributed by atoms with E-state index in [1.807, 2.05) is 11.6 Å². The summed E-state index contributed by atoms with van der Waals surface area (Å²) in [4.78, 5) is 11.1. The van der Waals surface area contributed by atoms with E-state index >= 15 is 0 Å². The van der Waals surface area contributed by atoms with Crippen molar-refractivity contribution >= 4 is 5.97 Å². The molecule has 5 nitrogen and oxygen atoms in total. The molecule has 102 valence electrons. The van der Waals surface area contributed by atoms with Crippen LogP contribution < -0.4 is 0 Å². The molecule has 4 aliphatic rings. The average Bonchev–Trinajstić information content (AvgIpc) is 2.69. The lowest BCUT2D eigenvalue weighted by molar-refractivity contribution is -0.0512. The molecule has 4 bridgehead atoms. The molecule has 4 fully saturated rings. The minimum absolute atomic E-state index is 0.0690. The Morgan fingerprint density at radius 2 is 1.74 bits per heavy atom. The quantitative estimate of drug-likeness (QED) is 0.886. The molecule has 0 unspecified atom stereocenters. The van der Waals surface area contributed by atoms with Crippen molar-refractivity contribution in [3.8, 4) is 0 Å². The maximum absolute atomic E-state index is 11.1. The van der Waals surface area contributed by atoms with Crippen LogP contribution in [0.25, 0.3) is 0 Å². The van der Waals surface area contributed by atoms with Gasteiger partial charge in [0, 0.05) is 0 Å². The fourth-order valence-electron chi connectivity index (χ4n) is 5.30. The van der Waals surface area contributed by atoms with Crippen LogP contribution in [0.2, 0.25) is 0 Å². The molecule has 0 amide bonds. The highest BCUT2D eigenvalue weighted by atomic mass is 16.4. The van der Waals surface area contributed by atoms with Crippen molar-refractivity contribution in [3.05, 3.63) is 11.4 Å². The molecule has 4 aliphatic carbocycles. The second kappa shape index (κ2) is 3.58. The standard InChI is InChI=1S/C14H19N3O2/c1-8-12(13(18)19)15-16-17(8)14-5-9-2-10(6-14)4-11(3-9)7-14/h9-11H,2-7H2,1H3,(H,18,19). The van der Waals surface area contributed by atoms with Crippen molar-refractivity contribution < 1.29 is 9.90 Å². The molecule has 1 heterocycles. The summed E-state index contributed by atoms with van der Waals surface area (Å²) in [6.45, 7) is 1.85. The smallest absolute Gasteiger partial charge is 0.358 e. The van der Waals surface area contributed by atoms with Crippen LogP contribution in [0.3, 0.4) is 0 Å². The second-order valence-electron chi connectivity index (χ2n) is 6.88. The number of hydrogen-bond donors (Lipinski definition) is 1. The molecule has 1 N–H and O–H groups in total. The van der Waals surface area contributed by atoms with Gasteiger partial charge >= 0.3 is 5.97 Å². The van der Waals surface area contributed by atoms with Gasteiger partial charge in [-0.1, -0.05) is 5.21 Å². The molecule has 0 aromatic carbocycles. The van der Waals surface area contributed by atoms with E-state index in [1.54, 1.807) is 0 Å². The van der Waals surface area contributed by atoms with Crippen LogP contribution in [0.4, 0.5) is 0 Å².